The van der Waals surface area contributed by atoms with Crippen molar-refractivity contribution < 1.29 is 9.26 Å². The topological polar surface area (TPSA) is 128 Å². The van der Waals surface area contributed by atoms with Crippen LogP contribution >= 0.6 is 0 Å². The number of hydrogen-bond donors (Lipinski definition) is 2. The van der Waals surface area contributed by atoms with Crippen molar-refractivity contribution in [3.05, 3.63) is 30.3 Å². The molecule has 32 heavy (non-hydrogen) atoms. The summed E-state index contributed by atoms with van der Waals surface area (Å²) in [6.45, 7) is 2.74. The van der Waals surface area contributed by atoms with Gasteiger partial charge in [0.2, 0.25) is 23.5 Å². The van der Waals surface area contributed by atoms with Gasteiger partial charge in [-0.05, 0) is 42.7 Å². The molecule has 2 aliphatic carbocycles. The van der Waals surface area contributed by atoms with E-state index in [-0.39, 0.29) is 11.8 Å². The average molecular weight is 435 g/mol. The maximum absolute atomic E-state index is 6.12. The Kier molecular flexibility index (Phi) is 4.86. The van der Waals surface area contributed by atoms with Gasteiger partial charge in [0, 0.05) is 18.8 Å². The van der Waals surface area contributed by atoms with Crippen molar-refractivity contribution in [2.24, 2.45) is 17.8 Å². The van der Waals surface area contributed by atoms with Gasteiger partial charge >= 0.3 is 6.01 Å². The maximum atomic E-state index is 6.12. The van der Waals surface area contributed by atoms with Crippen LogP contribution in [0.1, 0.15) is 25.7 Å². The van der Waals surface area contributed by atoms with Crippen molar-refractivity contribution >= 4 is 23.6 Å². The molecule has 3 aromatic rings. The SMILES string of the molecule is Nc1nc(Nc2ccccc2)nc(-c2noc(N3C[C@@H]4[C@@H](COC5CCCC5)[C@@H]4C3)n2)n1. The van der Waals surface area contributed by atoms with E-state index in [0.29, 0.717) is 41.6 Å². The lowest BCUT2D eigenvalue weighted by molar-refractivity contribution is 0.0461. The quantitative estimate of drug-likeness (QED) is 0.573. The van der Waals surface area contributed by atoms with E-state index in [1.165, 1.54) is 25.7 Å². The van der Waals surface area contributed by atoms with E-state index in [4.69, 9.17) is 15.0 Å². The number of benzene rings is 1. The number of nitrogens with zero attached hydrogens (tertiary/aromatic N) is 6. The Morgan fingerprint density at radius 2 is 1.78 bits per heavy atom. The van der Waals surface area contributed by atoms with Gasteiger partial charge < -0.3 is 25.2 Å². The molecule has 3 N–H and O–H groups in total. The second kappa shape index (κ2) is 8.01. The summed E-state index contributed by atoms with van der Waals surface area (Å²) in [6, 6.07) is 10.1. The standard InChI is InChI=1S/C22H26N8O2/c23-20-25-18(26-21(28-20)24-13-6-2-1-3-7-13)19-27-22(32-29-19)30-10-15-16(11-30)17(15)12-31-14-8-4-5-9-14/h1-3,6-7,14-17H,4-5,8-12H2,(H3,23,24,25,26,28)/t15-,16+,17+. The lowest BCUT2D eigenvalue weighted by Crippen LogP contribution is -2.25. The van der Waals surface area contributed by atoms with E-state index in [1.807, 2.05) is 30.3 Å². The minimum Gasteiger partial charge on any atom is -0.378 e. The molecule has 166 valence electrons. The molecule has 0 bridgehead atoms. The first kappa shape index (κ1) is 19.4. The molecular weight excluding hydrogens is 408 g/mol. The highest BCUT2D eigenvalue weighted by molar-refractivity contribution is 5.57. The molecule has 1 aromatic carbocycles. The van der Waals surface area contributed by atoms with Gasteiger partial charge in [-0.15, -0.1) is 0 Å². The Bertz CT molecular complexity index is 1070. The second-order valence-electron chi connectivity index (χ2n) is 8.87. The van der Waals surface area contributed by atoms with Crippen LogP contribution in [0, 0.1) is 17.8 Å². The van der Waals surface area contributed by atoms with Gasteiger partial charge in [-0.25, -0.2) is 0 Å². The minimum atomic E-state index is 0.0901. The Morgan fingerprint density at radius 1 is 1.00 bits per heavy atom. The summed E-state index contributed by atoms with van der Waals surface area (Å²) in [5.41, 5.74) is 6.73. The predicted octanol–water partition coefficient (Wildman–Crippen LogP) is 2.89. The molecular formula is C22H26N8O2. The van der Waals surface area contributed by atoms with Crippen LogP contribution in [0.4, 0.5) is 23.6 Å². The van der Waals surface area contributed by atoms with Gasteiger partial charge in [0.15, 0.2) is 0 Å². The number of nitrogens with one attached hydrogen (secondary N) is 1. The fourth-order valence-electron chi connectivity index (χ4n) is 4.99. The molecule has 0 amide bonds. The first-order chi connectivity index (χ1) is 15.7. The van der Waals surface area contributed by atoms with Crippen LogP contribution < -0.4 is 16.0 Å². The van der Waals surface area contributed by atoms with Gasteiger partial charge in [0.25, 0.3) is 0 Å². The lowest BCUT2D eigenvalue weighted by Gasteiger charge is -2.17. The monoisotopic (exact) mass is 434 g/mol. The highest BCUT2D eigenvalue weighted by Gasteiger charge is 2.56. The number of rotatable bonds is 7. The number of aromatic nitrogens is 5. The number of hydrogen-bond acceptors (Lipinski definition) is 10. The van der Waals surface area contributed by atoms with E-state index < -0.39 is 0 Å². The zero-order valence-corrected chi connectivity index (χ0v) is 17.7. The Balaban J connectivity index is 1.09. The van der Waals surface area contributed by atoms with Gasteiger partial charge in [-0.2, -0.15) is 19.9 Å². The summed E-state index contributed by atoms with van der Waals surface area (Å²) in [6.07, 6.45) is 5.56. The van der Waals surface area contributed by atoms with Crippen molar-refractivity contribution in [1.82, 2.24) is 25.1 Å². The lowest BCUT2D eigenvalue weighted by atomic mass is 10.2. The highest BCUT2D eigenvalue weighted by Crippen LogP contribution is 2.52. The van der Waals surface area contributed by atoms with E-state index >= 15 is 0 Å². The molecule has 3 fully saturated rings. The molecule has 0 unspecified atom stereocenters. The largest absolute Gasteiger partial charge is 0.378 e. The van der Waals surface area contributed by atoms with Gasteiger partial charge in [-0.3, -0.25) is 0 Å². The molecule has 2 aromatic heterocycles. The third-order valence-electron chi connectivity index (χ3n) is 6.77. The van der Waals surface area contributed by atoms with Crippen molar-refractivity contribution in [2.75, 3.05) is 35.6 Å². The van der Waals surface area contributed by atoms with Crippen molar-refractivity contribution in [1.29, 1.82) is 0 Å². The van der Waals surface area contributed by atoms with Gasteiger partial charge in [0.1, 0.15) is 0 Å². The maximum Gasteiger partial charge on any atom is 0.324 e. The fourth-order valence-corrected chi connectivity index (χ4v) is 4.99. The number of para-hydroxylation sites is 1. The summed E-state index contributed by atoms with van der Waals surface area (Å²) in [7, 11) is 0. The molecule has 3 heterocycles. The smallest absolute Gasteiger partial charge is 0.324 e. The number of nitrogens with two attached hydrogens (primary N) is 1. The van der Waals surface area contributed by atoms with E-state index in [2.05, 4.69) is 35.3 Å². The Morgan fingerprint density at radius 3 is 2.56 bits per heavy atom. The van der Waals surface area contributed by atoms with Crippen LogP contribution in [0.25, 0.3) is 11.6 Å². The zero-order valence-electron chi connectivity index (χ0n) is 17.7. The summed E-state index contributed by atoms with van der Waals surface area (Å²) in [5.74, 6) is 2.97. The van der Waals surface area contributed by atoms with Crippen LogP contribution in [0.5, 0.6) is 0 Å². The van der Waals surface area contributed by atoms with Crippen molar-refractivity contribution in [3.63, 3.8) is 0 Å². The molecule has 0 spiro atoms. The summed E-state index contributed by atoms with van der Waals surface area (Å²) in [5, 5.41) is 7.19. The van der Waals surface area contributed by atoms with Crippen LogP contribution in [0.2, 0.25) is 0 Å². The fraction of sp³-hybridized carbons (Fsp3) is 0.500. The number of fused-ring (bicyclic) bond motifs is 1. The number of piperidine rings is 1. The number of anilines is 4. The number of ether oxygens (including phenoxy) is 1. The normalized spacial score (nSPS) is 24.6. The van der Waals surface area contributed by atoms with Crippen LogP contribution in [0.15, 0.2) is 34.9 Å². The van der Waals surface area contributed by atoms with E-state index in [1.54, 1.807) is 0 Å². The van der Waals surface area contributed by atoms with Crippen LogP contribution in [-0.4, -0.2) is 50.9 Å². The van der Waals surface area contributed by atoms with Crippen LogP contribution in [0.3, 0.4) is 0 Å². The molecule has 10 heteroatoms. The first-order valence-corrected chi connectivity index (χ1v) is 11.3. The minimum absolute atomic E-state index is 0.0901. The molecule has 0 radical (unpaired) electrons. The highest BCUT2D eigenvalue weighted by atomic mass is 16.5. The molecule has 1 saturated heterocycles. The molecule has 3 atom stereocenters. The third kappa shape index (κ3) is 3.86. The van der Waals surface area contributed by atoms with Gasteiger partial charge in [0.05, 0.1) is 12.7 Å². The summed E-state index contributed by atoms with van der Waals surface area (Å²) in [4.78, 5) is 19.4. The van der Waals surface area contributed by atoms with Crippen molar-refractivity contribution in [2.45, 2.75) is 31.8 Å². The number of nitrogen functional groups attached to an aromatic ring is 1. The van der Waals surface area contributed by atoms with E-state index in [9.17, 15) is 0 Å². The third-order valence-corrected chi connectivity index (χ3v) is 6.77. The summed E-state index contributed by atoms with van der Waals surface area (Å²) < 4.78 is 11.6. The molecule has 1 aliphatic heterocycles. The molecule has 10 nitrogen and oxygen atoms in total. The first-order valence-electron chi connectivity index (χ1n) is 11.3. The van der Waals surface area contributed by atoms with E-state index in [0.717, 1.165) is 25.4 Å². The Hall–Kier alpha value is -3.27. The zero-order chi connectivity index (χ0) is 21.5. The second-order valence-corrected chi connectivity index (χ2v) is 8.87. The Labute approximate surface area is 185 Å². The summed E-state index contributed by atoms with van der Waals surface area (Å²) >= 11 is 0. The predicted molar refractivity (Wildman–Crippen MR) is 118 cm³/mol. The molecule has 2 saturated carbocycles. The van der Waals surface area contributed by atoms with Crippen molar-refractivity contribution in [3.8, 4) is 11.6 Å². The van der Waals surface area contributed by atoms with Gasteiger partial charge in [-0.1, -0.05) is 36.2 Å². The van der Waals surface area contributed by atoms with Crippen LogP contribution in [-0.2, 0) is 4.74 Å². The molecule has 6 rings (SSSR count). The average Bonchev–Trinajstić information content (AvgIpc) is 3.33. The molecule has 3 aliphatic rings.